The molecule has 142 valence electrons. The summed E-state index contributed by atoms with van der Waals surface area (Å²) in [6.45, 7) is 2.66. The summed E-state index contributed by atoms with van der Waals surface area (Å²) in [6, 6.07) is 13.9. The van der Waals surface area contributed by atoms with E-state index in [0.29, 0.717) is 30.0 Å². The van der Waals surface area contributed by atoms with E-state index in [1.165, 1.54) is 0 Å². The first-order chi connectivity index (χ1) is 13.2. The van der Waals surface area contributed by atoms with Crippen molar-refractivity contribution >= 4 is 23.3 Å². The van der Waals surface area contributed by atoms with Gasteiger partial charge in [0.25, 0.3) is 5.91 Å². The Bertz CT molecular complexity index is 768. The lowest BCUT2D eigenvalue weighted by atomic mass is 10.1. The number of rotatable bonds is 6. The average Bonchev–Trinajstić information content (AvgIpc) is 2.73. The van der Waals surface area contributed by atoms with Gasteiger partial charge in [0, 0.05) is 24.5 Å². The molecule has 3 rings (SSSR count). The minimum Gasteiger partial charge on any atom is -0.452 e. The van der Waals surface area contributed by atoms with Crippen molar-refractivity contribution in [1.29, 1.82) is 0 Å². The zero-order chi connectivity index (χ0) is 19.1. The van der Waals surface area contributed by atoms with Gasteiger partial charge in [-0.2, -0.15) is 0 Å². The average molecular weight is 370 g/mol. The van der Waals surface area contributed by atoms with E-state index in [9.17, 15) is 9.59 Å². The topological polar surface area (TPSA) is 88.1 Å². The van der Waals surface area contributed by atoms with Crippen LogP contribution in [0.5, 0.6) is 0 Å². The summed E-state index contributed by atoms with van der Waals surface area (Å²) in [4.78, 5) is 26.1. The normalized spacial score (nSPS) is 13.9. The van der Waals surface area contributed by atoms with Crippen molar-refractivity contribution in [2.45, 2.75) is 6.61 Å². The summed E-state index contributed by atoms with van der Waals surface area (Å²) in [5.41, 5.74) is 2.74. The molecule has 0 bridgehead atoms. The van der Waals surface area contributed by atoms with Crippen LogP contribution in [0.3, 0.4) is 0 Å². The van der Waals surface area contributed by atoms with E-state index in [2.05, 4.69) is 10.2 Å². The van der Waals surface area contributed by atoms with Crippen LogP contribution in [0.2, 0.25) is 0 Å². The van der Waals surface area contributed by atoms with E-state index in [1.807, 2.05) is 24.3 Å². The molecule has 0 unspecified atom stereocenters. The number of benzene rings is 2. The van der Waals surface area contributed by atoms with Crippen molar-refractivity contribution in [1.82, 2.24) is 0 Å². The molecule has 0 aliphatic carbocycles. The van der Waals surface area contributed by atoms with Gasteiger partial charge in [-0.25, -0.2) is 4.79 Å². The molecule has 2 aromatic rings. The van der Waals surface area contributed by atoms with Crippen LogP contribution in [0.1, 0.15) is 15.9 Å². The molecule has 0 atom stereocenters. The van der Waals surface area contributed by atoms with E-state index in [0.717, 1.165) is 18.8 Å². The zero-order valence-corrected chi connectivity index (χ0v) is 14.9. The lowest BCUT2D eigenvalue weighted by molar-refractivity contribution is -0.119. The lowest BCUT2D eigenvalue weighted by Gasteiger charge is -2.28. The molecule has 0 spiro atoms. The maximum Gasteiger partial charge on any atom is 0.338 e. The van der Waals surface area contributed by atoms with Gasteiger partial charge in [0.1, 0.15) is 0 Å². The highest BCUT2D eigenvalue weighted by atomic mass is 16.5. The highest BCUT2D eigenvalue weighted by Crippen LogP contribution is 2.19. The third-order valence-electron chi connectivity index (χ3n) is 4.23. The molecule has 1 aliphatic heterocycles. The number of anilines is 2. The number of amides is 1. The second-order valence-corrected chi connectivity index (χ2v) is 6.13. The number of nitrogens with zero attached hydrogens (tertiary/aromatic N) is 1. The molecular formula is C20H22N2O5. The molecule has 0 aromatic heterocycles. The van der Waals surface area contributed by atoms with Gasteiger partial charge in [0.15, 0.2) is 6.61 Å². The largest absolute Gasteiger partial charge is 0.452 e. The molecule has 1 amide bonds. The molecule has 1 heterocycles. The van der Waals surface area contributed by atoms with Crippen molar-refractivity contribution in [3.8, 4) is 0 Å². The number of aliphatic hydroxyl groups excluding tert-OH is 1. The Kier molecular flexibility index (Phi) is 6.40. The lowest BCUT2D eigenvalue weighted by Crippen LogP contribution is -2.36. The first-order valence-corrected chi connectivity index (χ1v) is 8.75. The summed E-state index contributed by atoms with van der Waals surface area (Å²) >= 11 is 0. The number of aliphatic hydroxyl groups is 1. The second-order valence-electron chi connectivity index (χ2n) is 6.13. The molecule has 7 heteroatoms. The van der Waals surface area contributed by atoms with Crippen LogP contribution in [-0.4, -0.2) is 49.9 Å². The number of carbonyl (C=O) groups excluding carboxylic acids is 2. The fourth-order valence-electron chi connectivity index (χ4n) is 2.73. The molecule has 1 aliphatic rings. The quantitative estimate of drug-likeness (QED) is 0.754. The third-order valence-corrected chi connectivity index (χ3v) is 4.23. The Morgan fingerprint density at radius 2 is 1.70 bits per heavy atom. The maximum atomic E-state index is 12.0. The van der Waals surface area contributed by atoms with Crippen molar-refractivity contribution in [3.63, 3.8) is 0 Å². The fraction of sp³-hybridized carbons (Fsp3) is 0.300. The van der Waals surface area contributed by atoms with Gasteiger partial charge in [-0.15, -0.1) is 0 Å². The number of ether oxygens (including phenoxy) is 2. The van der Waals surface area contributed by atoms with Crippen LogP contribution in [0, 0.1) is 0 Å². The Labute approximate surface area is 157 Å². The number of morpholine rings is 1. The van der Waals surface area contributed by atoms with Crippen LogP contribution in [0.25, 0.3) is 0 Å². The standard InChI is InChI=1S/C20H22N2O5/c23-13-15-1-3-16(4-2-15)20(25)27-14-19(24)21-17-5-7-18(8-6-17)22-9-11-26-12-10-22/h1-8,23H,9-14H2,(H,21,24). The molecule has 7 nitrogen and oxygen atoms in total. The van der Waals surface area contributed by atoms with Crippen LogP contribution >= 0.6 is 0 Å². The zero-order valence-electron chi connectivity index (χ0n) is 14.9. The number of hydrogen-bond acceptors (Lipinski definition) is 6. The number of nitrogens with one attached hydrogen (secondary N) is 1. The van der Waals surface area contributed by atoms with E-state index in [4.69, 9.17) is 14.6 Å². The minimum absolute atomic E-state index is 0.0952. The van der Waals surface area contributed by atoms with Crippen LogP contribution in [-0.2, 0) is 20.9 Å². The summed E-state index contributed by atoms with van der Waals surface area (Å²) in [5.74, 6) is -0.994. The van der Waals surface area contributed by atoms with Crippen LogP contribution < -0.4 is 10.2 Å². The minimum atomic E-state index is -0.586. The van der Waals surface area contributed by atoms with E-state index < -0.39 is 11.9 Å². The summed E-state index contributed by atoms with van der Waals surface area (Å²) in [5, 5.41) is 11.7. The Hall–Kier alpha value is -2.90. The fourth-order valence-corrected chi connectivity index (χ4v) is 2.73. The molecule has 1 fully saturated rings. The van der Waals surface area contributed by atoms with Crippen molar-refractivity contribution in [3.05, 3.63) is 59.7 Å². The molecule has 2 aromatic carbocycles. The van der Waals surface area contributed by atoms with E-state index >= 15 is 0 Å². The monoisotopic (exact) mass is 370 g/mol. The summed E-state index contributed by atoms with van der Waals surface area (Å²) < 4.78 is 10.4. The molecule has 1 saturated heterocycles. The first-order valence-electron chi connectivity index (χ1n) is 8.75. The van der Waals surface area contributed by atoms with Gasteiger partial charge in [0.05, 0.1) is 25.4 Å². The van der Waals surface area contributed by atoms with Gasteiger partial charge in [0.2, 0.25) is 0 Å². The molecule has 0 saturated carbocycles. The summed E-state index contributed by atoms with van der Waals surface area (Å²) in [7, 11) is 0. The Balaban J connectivity index is 1.47. The van der Waals surface area contributed by atoms with Gasteiger partial charge >= 0.3 is 5.97 Å². The molecule has 0 radical (unpaired) electrons. The van der Waals surface area contributed by atoms with E-state index in [1.54, 1.807) is 24.3 Å². The van der Waals surface area contributed by atoms with Crippen LogP contribution in [0.15, 0.2) is 48.5 Å². The van der Waals surface area contributed by atoms with Gasteiger partial charge < -0.3 is 24.8 Å². The Morgan fingerprint density at radius 3 is 2.33 bits per heavy atom. The third kappa shape index (κ3) is 5.29. The number of carbonyl (C=O) groups is 2. The molecule has 2 N–H and O–H groups in total. The van der Waals surface area contributed by atoms with Gasteiger partial charge in [-0.05, 0) is 42.0 Å². The van der Waals surface area contributed by atoms with Crippen molar-refractivity contribution < 1.29 is 24.2 Å². The van der Waals surface area contributed by atoms with Crippen LogP contribution in [0.4, 0.5) is 11.4 Å². The predicted octanol–water partition coefficient (Wildman–Crippen LogP) is 1.81. The van der Waals surface area contributed by atoms with E-state index in [-0.39, 0.29) is 13.2 Å². The predicted molar refractivity (Wildman–Crippen MR) is 101 cm³/mol. The highest BCUT2D eigenvalue weighted by Gasteiger charge is 2.12. The molecule has 27 heavy (non-hydrogen) atoms. The van der Waals surface area contributed by atoms with Gasteiger partial charge in [-0.3, -0.25) is 4.79 Å². The maximum absolute atomic E-state index is 12.0. The molecular weight excluding hydrogens is 348 g/mol. The van der Waals surface area contributed by atoms with Crippen molar-refractivity contribution in [2.75, 3.05) is 43.1 Å². The SMILES string of the molecule is O=C(COC(=O)c1ccc(CO)cc1)Nc1ccc(N2CCOCC2)cc1. The Morgan fingerprint density at radius 1 is 1.04 bits per heavy atom. The number of esters is 1. The first kappa shape index (κ1) is 18.9. The summed E-state index contributed by atoms with van der Waals surface area (Å²) in [6.07, 6.45) is 0. The smallest absolute Gasteiger partial charge is 0.338 e. The van der Waals surface area contributed by atoms with Crippen molar-refractivity contribution in [2.24, 2.45) is 0 Å². The highest BCUT2D eigenvalue weighted by molar-refractivity contribution is 5.95. The number of hydrogen-bond donors (Lipinski definition) is 2. The second kappa shape index (κ2) is 9.16. The van der Waals surface area contributed by atoms with Gasteiger partial charge in [-0.1, -0.05) is 12.1 Å².